The number of nitrogens with two attached hydrogens (primary N) is 1. The summed E-state index contributed by atoms with van der Waals surface area (Å²) in [5, 5.41) is 10.6. The summed E-state index contributed by atoms with van der Waals surface area (Å²) in [6, 6.07) is 5.57. The Morgan fingerprint density at radius 3 is 2.85 bits per heavy atom. The second-order valence-corrected chi connectivity index (χ2v) is 4.16. The minimum Gasteiger partial charge on any atom is -0.506 e. The van der Waals surface area contributed by atoms with E-state index >= 15 is 0 Å². The van der Waals surface area contributed by atoms with Gasteiger partial charge >= 0.3 is 0 Å². The number of nitrogen functional groups attached to an aromatic ring is 1. The summed E-state index contributed by atoms with van der Waals surface area (Å²) < 4.78 is 0.936. The molecule has 2 aromatic rings. The van der Waals surface area contributed by atoms with Gasteiger partial charge in [-0.3, -0.25) is 0 Å². The summed E-state index contributed by atoms with van der Waals surface area (Å²) in [6.45, 7) is 2.10. The van der Waals surface area contributed by atoms with Crippen molar-refractivity contribution in [1.29, 1.82) is 0 Å². The van der Waals surface area contributed by atoms with Crippen molar-refractivity contribution in [2.45, 2.75) is 13.3 Å². The third-order valence-corrected chi connectivity index (χ3v) is 3.34. The highest BCUT2D eigenvalue weighted by Gasteiger charge is 2.05. The van der Waals surface area contributed by atoms with Gasteiger partial charge in [0.2, 0.25) is 0 Å². The van der Waals surface area contributed by atoms with Gasteiger partial charge in [0, 0.05) is 16.6 Å². The van der Waals surface area contributed by atoms with Crippen molar-refractivity contribution in [3.63, 3.8) is 0 Å². The first-order valence-electron chi connectivity index (χ1n) is 4.21. The average Bonchev–Trinajstić information content (AvgIpc) is 2.47. The largest absolute Gasteiger partial charge is 0.506 e. The number of thiophene rings is 1. The maximum Gasteiger partial charge on any atom is 0.135 e. The Kier molecular flexibility index (Phi) is 1.88. The molecule has 0 saturated carbocycles. The van der Waals surface area contributed by atoms with Crippen molar-refractivity contribution in [1.82, 2.24) is 0 Å². The Hall–Kier alpha value is -1.22. The first kappa shape index (κ1) is 8.38. The molecule has 0 fully saturated rings. The van der Waals surface area contributed by atoms with Gasteiger partial charge in [0.15, 0.2) is 0 Å². The van der Waals surface area contributed by atoms with Crippen LogP contribution in [-0.4, -0.2) is 5.11 Å². The van der Waals surface area contributed by atoms with Crippen molar-refractivity contribution in [3.8, 4) is 5.75 Å². The van der Waals surface area contributed by atoms with Crippen LogP contribution >= 0.6 is 11.3 Å². The fourth-order valence-electron chi connectivity index (χ4n) is 1.38. The molecule has 3 N–H and O–H groups in total. The Labute approximate surface area is 80.6 Å². The summed E-state index contributed by atoms with van der Waals surface area (Å²) >= 11 is 1.63. The van der Waals surface area contributed by atoms with Crippen molar-refractivity contribution in [2.75, 3.05) is 5.73 Å². The second kappa shape index (κ2) is 2.92. The quantitative estimate of drug-likeness (QED) is 0.684. The normalized spacial score (nSPS) is 10.8. The molecule has 0 aliphatic heterocycles. The topological polar surface area (TPSA) is 46.2 Å². The minimum absolute atomic E-state index is 0.291. The summed E-state index contributed by atoms with van der Waals surface area (Å²) in [7, 11) is 0. The number of benzene rings is 1. The fourth-order valence-corrected chi connectivity index (χ4v) is 2.38. The van der Waals surface area contributed by atoms with Gasteiger partial charge in [-0.05, 0) is 23.9 Å². The highest BCUT2D eigenvalue weighted by Crippen LogP contribution is 2.34. The number of aryl methyl sites for hydroxylation is 1. The molecule has 2 nitrogen and oxygen atoms in total. The SMILES string of the molecule is CCc1cc2cc(N)cc(O)c2s1. The smallest absolute Gasteiger partial charge is 0.135 e. The van der Waals surface area contributed by atoms with Gasteiger partial charge in [-0.1, -0.05) is 6.92 Å². The van der Waals surface area contributed by atoms with Crippen LogP contribution in [0.25, 0.3) is 10.1 Å². The molecule has 0 unspecified atom stereocenters. The molecule has 0 aliphatic rings. The van der Waals surface area contributed by atoms with Crippen LogP contribution in [0, 0.1) is 0 Å². The van der Waals surface area contributed by atoms with Crippen LogP contribution in [0.3, 0.4) is 0 Å². The zero-order valence-electron chi connectivity index (χ0n) is 7.37. The summed E-state index contributed by atoms with van der Waals surface area (Å²) in [4.78, 5) is 1.27. The molecule has 3 heteroatoms. The fraction of sp³-hybridized carbons (Fsp3) is 0.200. The number of anilines is 1. The molecule has 0 amide bonds. The minimum atomic E-state index is 0.291. The summed E-state index contributed by atoms with van der Waals surface area (Å²) in [5.41, 5.74) is 6.24. The van der Waals surface area contributed by atoms with E-state index in [2.05, 4.69) is 13.0 Å². The van der Waals surface area contributed by atoms with Crippen LogP contribution < -0.4 is 5.73 Å². The standard InChI is InChI=1S/C10H11NOS/c1-2-8-4-6-3-7(11)5-9(12)10(6)13-8/h3-5,12H,2,11H2,1H3. The number of phenols is 1. The average molecular weight is 193 g/mol. The van der Waals surface area contributed by atoms with E-state index in [4.69, 9.17) is 5.73 Å². The van der Waals surface area contributed by atoms with E-state index in [0.717, 1.165) is 16.5 Å². The summed E-state index contributed by atoms with van der Waals surface area (Å²) in [5.74, 6) is 0.291. The molecule has 0 saturated heterocycles. The molecule has 1 aromatic carbocycles. The highest BCUT2D eigenvalue weighted by molar-refractivity contribution is 7.19. The molecule has 68 valence electrons. The molecular weight excluding hydrogens is 182 g/mol. The van der Waals surface area contributed by atoms with Gasteiger partial charge in [-0.25, -0.2) is 0 Å². The maximum absolute atomic E-state index is 9.59. The van der Waals surface area contributed by atoms with E-state index in [9.17, 15) is 5.11 Å². The Balaban J connectivity index is 2.75. The molecule has 0 atom stereocenters. The van der Waals surface area contributed by atoms with E-state index < -0.39 is 0 Å². The van der Waals surface area contributed by atoms with Crippen LogP contribution in [0.4, 0.5) is 5.69 Å². The van der Waals surface area contributed by atoms with Gasteiger partial charge in [0.05, 0.1) is 4.70 Å². The van der Waals surface area contributed by atoms with Crippen molar-refractivity contribution in [3.05, 3.63) is 23.1 Å². The van der Waals surface area contributed by atoms with Crippen LogP contribution in [0.2, 0.25) is 0 Å². The molecule has 2 rings (SSSR count). The molecule has 1 heterocycles. The van der Waals surface area contributed by atoms with Crippen LogP contribution in [0.15, 0.2) is 18.2 Å². The lowest BCUT2D eigenvalue weighted by Gasteiger charge is -1.96. The van der Waals surface area contributed by atoms with E-state index in [-0.39, 0.29) is 0 Å². The van der Waals surface area contributed by atoms with Crippen molar-refractivity contribution < 1.29 is 5.11 Å². The van der Waals surface area contributed by atoms with E-state index in [1.807, 2.05) is 6.07 Å². The highest BCUT2D eigenvalue weighted by atomic mass is 32.1. The third kappa shape index (κ3) is 1.35. The number of hydrogen-bond acceptors (Lipinski definition) is 3. The van der Waals surface area contributed by atoms with Gasteiger partial charge in [-0.15, -0.1) is 11.3 Å². The van der Waals surface area contributed by atoms with Crippen molar-refractivity contribution in [2.24, 2.45) is 0 Å². The number of rotatable bonds is 1. The lowest BCUT2D eigenvalue weighted by Crippen LogP contribution is -1.82. The maximum atomic E-state index is 9.59. The van der Waals surface area contributed by atoms with Crippen molar-refractivity contribution >= 4 is 27.1 Å². The van der Waals surface area contributed by atoms with Gasteiger partial charge < -0.3 is 10.8 Å². The molecule has 13 heavy (non-hydrogen) atoms. The number of hydrogen-bond donors (Lipinski definition) is 2. The molecule has 0 spiro atoms. The molecule has 0 bridgehead atoms. The van der Waals surface area contributed by atoms with Crippen LogP contribution in [0.1, 0.15) is 11.8 Å². The predicted molar refractivity (Wildman–Crippen MR) is 57.3 cm³/mol. The number of phenolic OH excluding ortho intramolecular Hbond substituents is 1. The zero-order chi connectivity index (χ0) is 9.42. The molecule has 1 aromatic heterocycles. The van der Waals surface area contributed by atoms with Gasteiger partial charge in [0.25, 0.3) is 0 Å². The first-order chi connectivity index (χ1) is 6.20. The first-order valence-corrected chi connectivity index (χ1v) is 5.03. The number of fused-ring (bicyclic) bond motifs is 1. The Morgan fingerprint density at radius 2 is 2.15 bits per heavy atom. The van der Waals surface area contributed by atoms with E-state index in [1.54, 1.807) is 17.4 Å². The predicted octanol–water partition coefficient (Wildman–Crippen LogP) is 2.75. The molecule has 0 radical (unpaired) electrons. The molecular formula is C10H11NOS. The van der Waals surface area contributed by atoms with Crippen LogP contribution in [0.5, 0.6) is 5.75 Å². The van der Waals surface area contributed by atoms with E-state index in [0.29, 0.717) is 11.4 Å². The lowest BCUT2D eigenvalue weighted by atomic mass is 10.2. The van der Waals surface area contributed by atoms with E-state index in [1.165, 1.54) is 4.88 Å². The van der Waals surface area contributed by atoms with Gasteiger partial charge in [-0.2, -0.15) is 0 Å². The molecule has 0 aliphatic carbocycles. The van der Waals surface area contributed by atoms with Gasteiger partial charge in [0.1, 0.15) is 5.75 Å². The zero-order valence-corrected chi connectivity index (χ0v) is 8.19. The second-order valence-electron chi connectivity index (χ2n) is 3.02. The van der Waals surface area contributed by atoms with Crippen LogP contribution in [-0.2, 0) is 6.42 Å². The third-order valence-electron chi connectivity index (χ3n) is 2.02. The summed E-state index contributed by atoms with van der Waals surface area (Å²) in [6.07, 6.45) is 0.999. The monoisotopic (exact) mass is 193 g/mol. The number of aromatic hydroxyl groups is 1. The Morgan fingerprint density at radius 1 is 1.38 bits per heavy atom. The Bertz CT molecular complexity index is 447. The lowest BCUT2D eigenvalue weighted by molar-refractivity contribution is 0.483.